The Balaban J connectivity index is 1.33. The highest BCUT2D eigenvalue weighted by Gasteiger charge is 2.27. The van der Waals surface area contributed by atoms with Gasteiger partial charge in [-0.3, -0.25) is 0 Å². The second kappa shape index (κ2) is 7.21. The fraction of sp³-hybridized carbons (Fsp3) is 0.400. The van der Waals surface area contributed by atoms with Gasteiger partial charge in [0.05, 0.1) is 36.6 Å². The van der Waals surface area contributed by atoms with Crippen molar-refractivity contribution in [3.8, 4) is 0 Å². The van der Waals surface area contributed by atoms with Crippen LogP contribution in [0.25, 0.3) is 10.2 Å². The van der Waals surface area contributed by atoms with Gasteiger partial charge in [-0.2, -0.15) is 0 Å². The van der Waals surface area contributed by atoms with Gasteiger partial charge in [0.2, 0.25) is 0 Å². The predicted octanol–water partition coefficient (Wildman–Crippen LogP) is 3.39. The lowest BCUT2D eigenvalue weighted by Crippen LogP contribution is -3.13. The van der Waals surface area contributed by atoms with Crippen molar-refractivity contribution in [2.24, 2.45) is 0 Å². The van der Waals surface area contributed by atoms with Crippen LogP contribution in [0.3, 0.4) is 0 Å². The van der Waals surface area contributed by atoms with E-state index >= 15 is 0 Å². The standard InChI is InChI=1S/C20H20Cl2N4S/c21-14-5-4-13(16(22)10-14)11-25-6-8-26(9-7-25)19-18-15-2-1-3-17(15)27-20(18)24-12-23-19/h4-5,10,12H,1-3,6-9,11H2/p+1. The van der Waals surface area contributed by atoms with Crippen LogP contribution in [0.5, 0.6) is 0 Å². The van der Waals surface area contributed by atoms with E-state index in [4.69, 9.17) is 23.2 Å². The van der Waals surface area contributed by atoms with Crippen LogP contribution in [-0.2, 0) is 19.4 Å². The molecule has 1 fully saturated rings. The molecule has 2 aliphatic rings. The van der Waals surface area contributed by atoms with Crippen LogP contribution in [-0.4, -0.2) is 36.1 Å². The normalized spacial score (nSPS) is 17.6. The van der Waals surface area contributed by atoms with Gasteiger partial charge in [-0.15, -0.1) is 11.3 Å². The zero-order chi connectivity index (χ0) is 18.4. The van der Waals surface area contributed by atoms with E-state index in [1.54, 1.807) is 11.2 Å². The molecule has 0 radical (unpaired) electrons. The summed E-state index contributed by atoms with van der Waals surface area (Å²) < 4.78 is 0. The van der Waals surface area contributed by atoms with Crippen LogP contribution in [0, 0.1) is 0 Å². The van der Waals surface area contributed by atoms with Crippen molar-refractivity contribution in [3.05, 3.63) is 50.6 Å². The van der Waals surface area contributed by atoms with Gasteiger partial charge in [-0.25, -0.2) is 9.97 Å². The monoisotopic (exact) mass is 419 g/mol. The number of anilines is 1. The first kappa shape index (κ1) is 17.7. The lowest BCUT2D eigenvalue weighted by atomic mass is 10.1. The maximum absolute atomic E-state index is 6.36. The molecule has 27 heavy (non-hydrogen) atoms. The molecule has 3 heterocycles. The Hall–Kier alpha value is -1.40. The van der Waals surface area contributed by atoms with Crippen molar-refractivity contribution in [3.63, 3.8) is 0 Å². The molecule has 140 valence electrons. The SMILES string of the molecule is Clc1ccc(C[NH+]2CCN(c3ncnc4sc5c(c34)CCC5)CC2)c(Cl)c1. The van der Waals surface area contributed by atoms with E-state index in [1.807, 2.05) is 29.5 Å². The smallest absolute Gasteiger partial charge is 0.141 e. The Kier molecular flexibility index (Phi) is 4.72. The van der Waals surface area contributed by atoms with Gasteiger partial charge in [0, 0.05) is 15.5 Å². The first-order chi connectivity index (χ1) is 13.2. The first-order valence-electron chi connectivity index (χ1n) is 9.47. The van der Waals surface area contributed by atoms with E-state index in [9.17, 15) is 0 Å². The Morgan fingerprint density at radius 2 is 1.96 bits per heavy atom. The average molecular weight is 420 g/mol. The summed E-state index contributed by atoms with van der Waals surface area (Å²) in [7, 11) is 0. The van der Waals surface area contributed by atoms with E-state index < -0.39 is 0 Å². The largest absolute Gasteiger partial charge is 0.345 e. The van der Waals surface area contributed by atoms with Crippen molar-refractivity contribution < 1.29 is 4.90 Å². The van der Waals surface area contributed by atoms with Crippen molar-refractivity contribution in [2.45, 2.75) is 25.8 Å². The van der Waals surface area contributed by atoms with Gasteiger partial charge in [0.15, 0.2) is 0 Å². The third-order valence-electron chi connectivity index (χ3n) is 5.71. The maximum Gasteiger partial charge on any atom is 0.141 e. The topological polar surface area (TPSA) is 33.5 Å². The molecule has 4 nitrogen and oxygen atoms in total. The lowest BCUT2D eigenvalue weighted by Gasteiger charge is -2.33. The van der Waals surface area contributed by atoms with Gasteiger partial charge in [0.25, 0.3) is 0 Å². The predicted molar refractivity (Wildman–Crippen MR) is 113 cm³/mol. The lowest BCUT2D eigenvalue weighted by molar-refractivity contribution is -0.914. The summed E-state index contributed by atoms with van der Waals surface area (Å²) in [5.74, 6) is 1.14. The Bertz CT molecular complexity index is 995. The number of aromatic nitrogens is 2. The number of rotatable bonds is 3. The maximum atomic E-state index is 6.36. The van der Waals surface area contributed by atoms with Crippen LogP contribution in [0.1, 0.15) is 22.4 Å². The third kappa shape index (κ3) is 3.31. The van der Waals surface area contributed by atoms with Crippen molar-refractivity contribution in [1.29, 1.82) is 0 Å². The molecule has 7 heteroatoms. The number of piperazine rings is 1. The van der Waals surface area contributed by atoms with Crippen LogP contribution < -0.4 is 9.80 Å². The van der Waals surface area contributed by atoms with E-state index in [0.29, 0.717) is 5.02 Å². The average Bonchev–Trinajstić information content (AvgIpc) is 3.25. The molecule has 5 rings (SSSR count). The highest BCUT2D eigenvalue weighted by Crippen LogP contribution is 2.40. The summed E-state index contributed by atoms with van der Waals surface area (Å²) in [6, 6.07) is 5.81. The number of hydrogen-bond acceptors (Lipinski definition) is 4. The number of benzene rings is 1. The van der Waals surface area contributed by atoms with Crippen LogP contribution >= 0.6 is 34.5 Å². The van der Waals surface area contributed by atoms with Gasteiger partial charge < -0.3 is 9.80 Å². The number of quaternary nitrogens is 1. The van der Waals surface area contributed by atoms with Gasteiger partial charge in [-0.05, 0) is 37.0 Å². The molecule has 1 aliphatic carbocycles. The molecule has 0 spiro atoms. The number of aryl methyl sites for hydroxylation is 2. The van der Waals surface area contributed by atoms with Crippen LogP contribution in [0.4, 0.5) is 5.82 Å². The quantitative estimate of drug-likeness (QED) is 0.705. The van der Waals surface area contributed by atoms with Crippen molar-refractivity contribution >= 4 is 50.6 Å². The van der Waals surface area contributed by atoms with Crippen molar-refractivity contribution in [2.75, 3.05) is 31.1 Å². The molecule has 1 N–H and O–H groups in total. The molecule has 3 aromatic rings. The van der Waals surface area contributed by atoms with E-state index in [2.05, 4.69) is 14.9 Å². The molecule has 2 aromatic heterocycles. The minimum atomic E-state index is 0.694. The number of halogens is 2. The number of nitrogens with zero attached hydrogens (tertiary/aromatic N) is 3. The summed E-state index contributed by atoms with van der Waals surface area (Å²) >= 11 is 14.2. The number of nitrogens with one attached hydrogen (secondary N) is 1. The highest BCUT2D eigenvalue weighted by molar-refractivity contribution is 7.19. The number of thiophene rings is 1. The Morgan fingerprint density at radius 3 is 2.78 bits per heavy atom. The minimum absolute atomic E-state index is 0.694. The minimum Gasteiger partial charge on any atom is -0.345 e. The second-order valence-corrected chi connectivity index (χ2v) is 9.31. The molecule has 1 saturated heterocycles. The molecule has 0 bridgehead atoms. The molecular formula is C20H21Cl2N4S+. The molecular weight excluding hydrogens is 399 g/mol. The van der Waals surface area contributed by atoms with Crippen LogP contribution in [0.15, 0.2) is 24.5 Å². The fourth-order valence-electron chi connectivity index (χ4n) is 4.30. The molecule has 1 aromatic carbocycles. The summed E-state index contributed by atoms with van der Waals surface area (Å²) in [5, 5.41) is 2.78. The fourth-order valence-corrected chi connectivity index (χ4v) is 6.00. The van der Waals surface area contributed by atoms with Gasteiger partial charge in [-0.1, -0.05) is 29.3 Å². The Labute approximate surface area is 172 Å². The molecule has 0 amide bonds. The van der Waals surface area contributed by atoms with E-state index in [1.165, 1.54) is 40.7 Å². The summed E-state index contributed by atoms with van der Waals surface area (Å²) in [6.45, 7) is 5.12. The summed E-state index contributed by atoms with van der Waals surface area (Å²) in [6.07, 6.45) is 5.38. The Morgan fingerprint density at radius 1 is 1.11 bits per heavy atom. The zero-order valence-electron chi connectivity index (χ0n) is 15.0. The molecule has 0 atom stereocenters. The zero-order valence-corrected chi connectivity index (χ0v) is 17.3. The summed E-state index contributed by atoms with van der Waals surface area (Å²) in [5.41, 5.74) is 2.68. The van der Waals surface area contributed by atoms with Gasteiger partial charge in [0.1, 0.15) is 23.5 Å². The highest BCUT2D eigenvalue weighted by atomic mass is 35.5. The first-order valence-corrected chi connectivity index (χ1v) is 11.0. The van der Waals surface area contributed by atoms with E-state index in [0.717, 1.165) is 48.4 Å². The third-order valence-corrected chi connectivity index (χ3v) is 7.49. The van der Waals surface area contributed by atoms with Gasteiger partial charge >= 0.3 is 0 Å². The number of fused-ring (bicyclic) bond motifs is 3. The summed E-state index contributed by atoms with van der Waals surface area (Å²) in [4.78, 5) is 15.9. The second-order valence-electron chi connectivity index (χ2n) is 7.38. The molecule has 0 unspecified atom stereocenters. The van der Waals surface area contributed by atoms with Crippen molar-refractivity contribution in [1.82, 2.24) is 9.97 Å². The number of hydrogen-bond donors (Lipinski definition) is 1. The van der Waals surface area contributed by atoms with Crippen LogP contribution in [0.2, 0.25) is 10.0 Å². The molecule has 1 aliphatic heterocycles. The molecule has 0 saturated carbocycles. The van der Waals surface area contributed by atoms with E-state index in [-0.39, 0.29) is 0 Å².